The molecule has 0 bridgehead atoms. The molecule has 0 spiro atoms. The molecule has 23 heavy (non-hydrogen) atoms. The van der Waals surface area contributed by atoms with Crippen LogP contribution in [0, 0.1) is 17.5 Å². The topological polar surface area (TPSA) is 83.8 Å². The Morgan fingerprint density at radius 2 is 1.96 bits per heavy atom. The van der Waals surface area contributed by atoms with Crippen molar-refractivity contribution in [3.8, 4) is 0 Å². The zero-order valence-electron chi connectivity index (χ0n) is 11.7. The minimum Gasteiger partial charge on any atom is -0.379 e. The minimum absolute atomic E-state index is 0.0642. The Hall–Kier alpha value is -3.03. The number of anilines is 1. The lowest BCUT2D eigenvalue weighted by atomic mass is 10.1. The molecule has 3 rings (SSSR count). The van der Waals surface area contributed by atoms with E-state index in [0.29, 0.717) is 17.1 Å². The molecule has 0 aliphatic heterocycles. The van der Waals surface area contributed by atoms with E-state index in [2.05, 4.69) is 15.3 Å². The standard InChI is InChI=1S/C15H11F3N4O/c16-10-1-2-11(17)12(18)8(10)5-21-13-7-3-4-20-15(7)22-6-9(13)14(19)23/h1-4,6H,5H2,(H2,19,23)(H2,20,21,22). The maximum atomic E-state index is 13.7. The Kier molecular flexibility index (Phi) is 3.65. The molecule has 0 saturated carbocycles. The van der Waals surface area contributed by atoms with Crippen molar-refractivity contribution in [2.45, 2.75) is 6.54 Å². The molecule has 2 heterocycles. The van der Waals surface area contributed by atoms with Crippen molar-refractivity contribution in [3.05, 3.63) is 59.2 Å². The molecule has 5 nitrogen and oxygen atoms in total. The molecule has 118 valence electrons. The molecule has 2 aromatic heterocycles. The Labute approximate surface area is 128 Å². The van der Waals surface area contributed by atoms with E-state index in [4.69, 9.17) is 5.73 Å². The van der Waals surface area contributed by atoms with Crippen LogP contribution in [0.5, 0.6) is 0 Å². The van der Waals surface area contributed by atoms with Crippen molar-refractivity contribution < 1.29 is 18.0 Å². The van der Waals surface area contributed by atoms with Gasteiger partial charge in [-0.2, -0.15) is 0 Å². The van der Waals surface area contributed by atoms with E-state index in [1.807, 2.05) is 0 Å². The number of hydrogen-bond donors (Lipinski definition) is 3. The largest absolute Gasteiger partial charge is 0.379 e. The van der Waals surface area contributed by atoms with Crippen LogP contribution in [-0.4, -0.2) is 15.9 Å². The number of hydrogen-bond acceptors (Lipinski definition) is 3. The lowest BCUT2D eigenvalue weighted by Crippen LogP contribution is -2.16. The Morgan fingerprint density at radius 1 is 1.22 bits per heavy atom. The van der Waals surface area contributed by atoms with Crippen LogP contribution in [0.1, 0.15) is 15.9 Å². The van der Waals surface area contributed by atoms with Gasteiger partial charge in [0.05, 0.1) is 11.3 Å². The lowest BCUT2D eigenvalue weighted by Gasteiger charge is -2.12. The number of pyridine rings is 1. The number of aromatic amines is 1. The fourth-order valence-electron chi connectivity index (χ4n) is 2.29. The monoisotopic (exact) mass is 320 g/mol. The average molecular weight is 320 g/mol. The van der Waals surface area contributed by atoms with E-state index < -0.39 is 28.9 Å². The predicted octanol–water partition coefficient (Wildman–Crippen LogP) is 2.69. The van der Waals surface area contributed by atoms with Crippen LogP contribution in [-0.2, 0) is 6.54 Å². The third kappa shape index (κ3) is 2.59. The van der Waals surface area contributed by atoms with Gasteiger partial charge in [-0.1, -0.05) is 0 Å². The van der Waals surface area contributed by atoms with Crippen LogP contribution in [0.2, 0.25) is 0 Å². The number of H-pyrrole nitrogens is 1. The third-order valence-electron chi connectivity index (χ3n) is 3.43. The number of carbonyl (C=O) groups excluding carboxylic acids is 1. The molecule has 4 N–H and O–H groups in total. The zero-order valence-corrected chi connectivity index (χ0v) is 11.7. The number of nitrogens with two attached hydrogens (primary N) is 1. The van der Waals surface area contributed by atoms with Crippen molar-refractivity contribution in [1.29, 1.82) is 0 Å². The summed E-state index contributed by atoms with van der Waals surface area (Å²) in [5.74, 6) is -4.07. The molecule has 0 unspecified atom stereocenters. The van der Waals surface area contributed by atoms with E-state index >= 15 is 0 Å². The van der Waals surface area contributed by atoms with E-state index in [-0.39, 0.29) is 17.8 Å². The summed E-state index contributed by atoms with van der Waals surface area (Å²) in [7, 11) is 0. The van der Waals surface area contributed by atoms with Gasteiger partial charge in [0, 0.05) is 29.9 Å². The van der Waals surface area contributed by atoms with E-state index in [9.17, 15) is 18.0 Å². The summed E-state index contributed by atoms with van der Waals surface area (Å²) < 4.78 is 40.6. The number of halogens is 3. The van der Waals surface area contributed by atoms with Crippen molar-refractivity contribution in [1.82, 2.24) is 9.97 Å². The Balaban J connectivity index is 2.02. The molecular weight excluding hydrogens is 309 g/mol. The minimum atomic E-state index is -1.28. The highest BCUT2D eigenvalue weighted by atomic mass is 19.2. The van der Waals surface area contributed by atoms with Crippen LogP contribution in [0.15, 0.2) is 30.6 Å². The number of fused-ring (bicyclic) bond motifs is 1. The van der Waals surface area contributed by atoms with Gasteiger partial charge in [-0.25, -0.2) is 18.2 Å². The predicted molar refractivity (Wildman–Crippen MR) is 78.3 cm³/mol. The summed E-state index contributed by atoms with van der Waals surface area (Å²) >= 11 is 0. The van der Waals surface area contributed by atoms with Gasteiger partial charge in [-0.15, -0.1) is 0 Å². The molecular formula is C15H11F3N4O. The maximum absolute atomic E-state index is 13.7. The van der Waals surface area contributed by atoms with Crippen LogP contribution in [0.4, 0.5) is 18.9 Å². The van der Waals surface area contributed by atoms with E-state index in [1.165, 1.54) is 6.20 Å². The number of amides is 1. The summed E-state index contributed by atoms with van der Waals surface area (Å²) in [6.07, 6.45) is 2.85. The maximum Gasteiger partial charge on any atom is 0.252 e. The van der Waals surface area contributed by atoms with Gasteiger partial charge in [-0.05, 0) is 18.2 Å². The lowest BCUT2D eigenvalue weighted by molar-refractivity contribution is 0.100. The second-order valence-corrected chi connectivity index (χ2v) is 4.83. The van der Waals surface area contributed by atoms with Gasteiger partial charge in [0.15, 0.2) is 11.6 Å². The molecule has 0 saturated heterocycles. The zero-order chi connectivity index (χ0) is 16.6. The number of nitrogens with zero attached hydrogens (tertiary/aromatic N) is 1. The van der Waals surface area contributed by atoms with Crippen molar-refractivity contribution >= 4 is 22.6 Å². The molecule has 1 amide bonds. The first kappa shape index (κ1) is 14.9. The molecule has 3 aromatic rings. The number of nitrogens with one attached hydrogen (secondary N) is 2. The van der Waals surface area contributed by atoms with Crippen LogP contribution in [0.3, 0.4) is 0 Å². The normalized spacial score (nSPS) is 10.9. The fourth-order valence-corrected chi connectivity index (χ4v) is 2.29. The Bertz CT molecular complexity index is 907. The number of primary amides is 1. The van der Waals surface area contributed by atoms with Crippen molar-refractivity contribution in [3.63, 3.8) is 0 Å². The van der Waals surface area contributed by atoms with Gasteiger partial charge in [0.25, 0.3) is 5.91 Å². The summed E-state index contributed by atoms with van der Waals surface area (Å²) in [6, 6.07) is 3.18. The quantitative estimate of drug-likeness (QED) is 0.646. The SMILES string of the molecule is NC(=O)c1cnc2[nH]ccc2c1NCc1c(F)ccc(F)c1F. The molecule has 0 radical (unpaired) electrons. The van der Waals surface area contributed by atoms with Crippen LogP contribution >= 0.6 is 0 Å². The third-order valence-corrected chi connectivity index (χ3v) is 3.43. The van der Waals surface area contributed by atoms with Gasteiger partial charge in [-0.3, -0.25) is 4.79 Å². The average Bonchev–Trinajstić information content (AvgIpc) is 2.99. The summed E-state index contributed by atoms with van der Waals surface area (Å²) in [4.78, 5) is 18.4. The van der Waals surface area contributed by atoms with Gasteiger partial charge < -0.3 is 16.0 Å². The number of rotatable bonds is 4. The van der Waals surface area contributed by atoms with Crippen molar-refractivity contribution in [2.24, 2.45) is 5.73 Å². The van der Waals surface area contributed by atoms with Gasteiger partial charge in [0.2, 0.25) is 0 Å². The summed E-state index contributed by atoms with van der Waals surface area (Å²) in [5, 5.41) is 3.27. The van der Waals surface area contributed by atoms with Gasteiger partial charge in [0.1, 0.15) is 11.5 Å². The second-order valence-electron chi connectivity index (χ2n) is 4.83. The Morgan fingerprint density at radius 3 is 2.70 bits per heavy atom. The second kappa shape index (κ2) is 5.64. The van der Waals surface area contributed by atoms with Crippen LogP contribution in [0.25, 0.3) is 11.0 Å². The fraction of sp³-hybridized carbons (Fsp3) is 0.0667. The molecule has 0 aliphatic rings. The first-order valence-electron chi connectivity index (χ1n) is 6.61. The van der Waals surface area contributed by atoms with Crippen molar-refractivity contribution in [2.75, 3.05) is 5.32 Å². The van der Waals surface area contributed by atoms with Crippen LogP contribution < -0.4 is 11.1 Å². The highest BCUT2D eigenvalue weighted by Gasteiger charge is 2.17. The molecule has 0 atom stereocenters. The molecule has 0 fully saturated rings. The number of carbonyl (C=O) groups is 1. The summed E-state index contributed by atoms with van der Waals surface area (Å²) in [6.45, 7) is -0.361. The highest BCUT2D eigenvalue weighted by Crippen LogP contribution is 2.26. The number of benzene rings is 1. The summed E-state index contributed by atoms with van der Waals surface area (Å²) in [5.41, 5.74) is 5.62. The first-order chi connectivity index (χ1) is 11.0. The molecule has 0 aliphatic carbocycles. The first-order valence-corrected chi connectivity index (χ1v) is 6.61. The van der Waals surface area contributed by atoms with E-state index in [1.54, 1.807) is 12.3 Å². The molecule has 8 heteroatoms. The molecule has 1 aromatic carbocycles. The smallest absolute Gasteiger partial charge is 0.252 e. The van der Waals surface area contributed by atoms with Gasteiger partial charge >= 0.3 is 0 Å². The van der Waals surface area contributed by atoms with E-state index in [0.717, 1.165) is 6.07 Å². The number of aromatic nitrogens is 2. The highest BCUT2D eigenvalue weighted by molar-refractivity contribution is 6.05.